The van der Waals surface area contributed by atoms with Crippen LogP contribution < -0.4 is 0 Å². The minimum Gasteiger partial charge on any atom is -0.305 e. The van der Waals surface area contributed by atoms with Crippen molar-refractivity contribution in [1.29, 1.82) is 5.26 Å². The molecule has 0 atom stereocenters. The van der Waals surface area contributed by atoms with Gasteiger partial charge in [-0.3, -0.25) is 9.13 Å². The molecule has 6 nitrogen and oxygen atoms in total. The number of benzene rings is 11. The van der Waals surface area contributed by atoms with Gasteiger partial charge in [-0.15, -0.1) is 34.0 Å². The van der Waals surface area contributed by atoms with Crippen molar-refractivity contribution in [3.63, 3.8) is 0 Å². The molecule has 0 N–H and O–H groups in total. The number of para-hydroxylation sites is 3. The van der Waals surface area contributed by atoms with E-state index in [4.69, 9.17) is 4.98 Å². The number of hydrogen-bond acceptors (Lipinski definition) is 5. The van der Waals surface area contributed by atoms with Crippen molar-refractivity contribution < 1.29 is 26.3 Å². The third-order valence-electron chi connectivity index (χ3n) is 18.0. The Labute approximate surface area is 510 Å². The summed E-state index contributed by atoms with van der Waals surface area (Å²) >= 11 is 5.08. The van der Waals surface area contributed by atoms with Crippen LogP contribution in [0.2, 0.25) is 0 Å². The summed E-state index contributed by atoms with van der Waals surface area (Å²) in [4.78, 5) is 6.08. The molecule has 0 aliphatic carbocycles. The van der Waals surface area contributed by atoms with Gasteiger partial charge in [-0.1, -0.05) is 109 Å². The zero-order valence-electron chi connectivity index (χ0n) is 46.0. The molecule has 0 bridgehead atoms. The number of rotatable bonds is 4. The van der Waals surface area contributed by atoms with Gasteiger partial charge in [-0.25, -0.2) is 4.98 Å². The molecule has 0 fully saturated rings. The van der Waals surface area contributed by atoms with Crippen molar-refractivity contribution in [2.45, 2.75) is 12.4 Å². The Bertz CT molecular complexity index is 6360. The number of thiophene rings is 3. The standard InChI is InChI=1S/C74H36F6N6S3/c75-73(76,77)38-25-27-58-46(29-38)47-30-39(74(78,79)80)26-28-59(47)85(58)71-69(83-55-19-7-1-13-40(55)48-34-66-51(31-60(48)83)43-16-4-10-22-63(43)87-66)54(37-81)70(84-56-20-8-2-14-41(56)49-35-67-52(32-61(49)84)44-17-5-11-23-64(44)88-67)72(82-71)86-57-21-9-3-15-42(57)50-36-68-53(33-62(50)86)45-18-6-12-24-65(45)89-68/h1-36H. The lowest BCUT2D eigenvalue weighted by Gasteiger charge is -2.24. The highest BCUT2D eigenvalue weighted by Crippen LogP contribution is 2.50. The summed E-state index contributed by atoms with van der Waals surface area (Å²) in [5.74, 6) is 0.391. The molecule has 0 aliphatic heterocycles. The lowest BCUT2D eigenvalue weighted by molar-refractivity contribution is -0.138. The normalized spacial score (nSPS) is 12.8. The Morgan fingerprint density at radius 1 is 0.292 bits per heavy atom. The van der Waals surface area contributed by atoms with Gasteiger partial charge < -0.3 is 9.13 Å². The summed E-state index contributed by atoms with van der Waals surface area (Å²) in [6, 6.07) is 71.2. The van der Waals surface area contributed by atoms with E-state index < -0.39 is 23.5 Å². The number of fused-ring (bicyclic) bond motifs is 21. The Hall–Kier alpha value is -10.5. The van der Waals surface area contributed by atoms with Gasteiger partial charge in [0.25, 0.3) is 0 Å². The van der Waals surface area contributed by atoms with E-state index in [-0.39, 0.29) is 38.9 Å². The SMILES string of the molecule is N#Cc1c(-n2c3ccccc3c3cc4sc5ccccc5c4cc32)c(-n2c3ccc(C(F)(F)F)cc3c3cc(C(F)(F)F)ccc32)nc(-n2c3ccccc3c3cc4sc5ccccc5c4cc32)c1-n1c2ccccc2c2cc3sc4ccccc4c3cc21. The summed E-state index contributed by atoms with van der Waals surface area (Å²) in [6.07, 6.45) is -9.70. The van der Waals surface area contributed by atoms with E-state index in [1.54, 1.807) is 38.6 Å². The summed E-state index contributed by atoms with van der Waals surface area (Å²) < 4.78 is 105. The van der Waals surface area contributed by atoms with Gasteiger partial charge in [-0.05, 0) is 109 Å². The fourth-order valence-electron chi connectivity index (χ4n) is 14.3. The summed E-state index contributed by atoms with van der Waals surface area (Å²) in [5, 5.41) is 24.3. The van der Waals surface area contributed by atoms with Gasteiger partial charge in [0, 0.05) is 104 Å². The zero-order valence-corrected chi connectivity index (χ0v) is 48.4. The first kappa shape index (κ1) is 50.6. The molecule has 0 saturated heterocycles. The lowest BCUT2D eigenvalue weighted by Crippen LogP contribution is -2.16. The Kier molecular flexibility index (Phi) is 10.1. The highest BCUT2D eigenvalue weighted by Gasteiger charge is 2.36. The Morgan fingerprint density at radius 2 is 0.596 bits per heavy atom. The predicted molar refractivity (Wildman–Crippen MR) is 355 cm³/mol. The molecule has 11 aromatic carbocycles. The fraction of sp³-hybridized carbons (Fsp3) is 0.0270. The van der Waals surface area contributed by atoms with E-state index in [1.807, 2.05) is 95.6 Å². The molecule has 0 aliphatic rings. The molecule has 19 rings (SSSR count). The van der Waals surface area contributed by atoms with Crippen LogP contribution in [0.1, 0.15) is 16.7 Å². The van der Waals surface area contributed by atoms with Crippen LogP contribution in [0.5, 0.6) is 0 Å². The maximum atomic E-state index is 15.1. The van der Waals surface area contributed by atoms with Crippen LogP contribution in [0.3, 0.4) is 0 Å². The molecule has 0 saturated carbocycles. The van der Waals surface area contributed by atoms with Crippen LogP contribution in [0.4, 0.5) is 26.3 Å². The Morgan fingerprint density at radius 3 is 0.966 bits per heavy atom. The Balaban J connectivity index is 1.08. The molecule has 0 radical (unpaired) electrons. The number of halogens is 6. The third kappa shape index (κ3) is 6.98. The molecule has 0 spiro atoms. The largest absolute Gasteiger partial charge is 0.416 e. The second kappa shape index (κ2) is 17.8. The van der Waals surface area contributed by atoms with Crippen molar-refractivity contribution in [2.24, 2.45) is 0 Å². The number of pyridine rings is 1. The average molecular weight is 1220 g/mol. The number of nitrogens with zero attached hydrogens (tertiary/aromatic N) is 6. The van der Waals surface area contributed by atoms with Gasteiger partial charge in [0.15, 0.2) is 11.6 Å². The van der Waals surface area contributed by atoms with Crippen LogP contribution in [-0.2, 0) is 12.4 Å². The van der Waals surface area contributed by atoms with Crippen LogP contribution in [-0.4, -0.2) is 23.3 Å². The van der Waals surface area contributed by atoms with Crippen LogP contribution in [0.15, 0.2) is 218 Å². The quantitative estimate of drug-likeness (QED) is 0.165. The van der Waals surface area contributed by atoms with Crippen LogP contribution in [0.25, 0.3) is 171 Å². The molecule has 89 heavy (non-hydrogen) atoms. The molecule has 15 heteroatoms. The maximum absolute atomic E-state index is 15.1. The second-order valence-corrected chi connectivity index (χ2v) is 25.9. The number of nitriles is 1. The van der Waals surface area contributed by atoms with E-state index in [2.05, 4.69) is 106 Å². The summed E-state index contributed by atoms with van der Waals surface area (Å²) in [6.45, 7) is 0. The minimum atomic E-state index is -4.85. The van der Waals surface area contributed by atoms with E-state index in [1.165, 1.54) is 12.1 Å². The minimum absolute atomic E-state index is 0.0792. The van der Waals surface area contributed by atoms with Crippen LogP contribution >= 0.6 is 34.0 Å². The van der Waals surface area contributed by atoms with Gasteiger partial charge >= 0.3 is 12.4 Å². The van der Waals surface area contributed by atoms with Crippen molar-refractivity contribution >= 4 is 182 Å². The van der Waals surface area contributed by atoms with E-state index >= 15 is 26.3 Å². The van der Waals surface area contributed by atoms with Gasteiger partial charge in [0.2, 0.25) is 0 Å². The monoisotopic (exact) mass is 1220 g/mol. The predicted octanol–water partition coefficient (Wildman–Crippen LogP) is 22.5. The van der Waals surface area contributed by atoms with E-state index in [0.717, 1.165) is 139 Å². The smallest absolute Gasteiger partial charge is 0.305 e. The third-order valence-corrected chi connectivity index (χ3v) is 21.4. The topological polar surface area (TPSA) is 56.4 Å². The highest BCUT2D eigenvalue weighted by atomic mass is 32.1. The summed E-state index contributed by atoms with van der Waals surface area (Å²) in [7, 11) is 0. The number of alkyl halides is 6. The highest BCUT2D eigenvalue weighted by molar-refractivity contribution is 7.26. The molecule has 8 aromatic heterocycles. The molecule has 422 valence electrons. The van der Waals surface area contributed by atoms with Crippen LogP contribution in [0, 0.1) is 11.3 Å². The van der Waals surface area contributed by atoms with Crippen molar-refractivity contribution in [3.8, 4) is 29.1 Å². The van der Waals surface area contributed by atoms with Crippen molar-refractivity contribution in [2.75, 3.05) is 0 Å². The molecular formula is C74H36F6N6S3. The number of aromatic nitrogens is 5. The molecule has 0 unspecified atom stereocenters. The molecule has 8 heterocycles. The number of hydrogen-bond donors (Lipinski definition) is 0. The van der Waals surface area contributed by atoms with Gasteiger partial charge in [-0.2, -0.15) is 31.6 Å². The zero-order chi connectivity index (χ0) is 59.5. The molecule has 19 aromatic rings. The second-order valence-electron chi connectivity index (χ2n) is 22.7. The maximum Gasteiger partial charge on any atom is 0.416 e. The first-order chi connectivity index (χ1) is 43.4. The molecular weight excluding hydrogens is 1180 g/mol. The fourth-order valence-corrected chi connectivity index (χ4v) is 17.6. The average Bonchev–Trinajstić information content (AvgIpc) is 1.59. The van der Waals surface area contributed by atoms with Gasteiger partial charge in [0.05, 0.1) is 55.3 Å². The van der Waals surface area contributed by atoms with Crippen molar-refractivity contribution in [1.82, 2.24) is 23.3 Å². The van der Waals surface area contributed by atoms with Gasteiger partial charge in [0.1, 0.15) is 23.0 Å². The van der Waals surface area contributed by atoms with Crippen molar-refractivity contribution in [3.05, 3.63) is 235 Å². The first-order valence-electron chi connectivity index (χ1n) is 28.6. The lowest BCUT2D eigenvalue weighted by atomic mass is 10.1. The molecule has 0 amide bonds. The van der Waals surface area contributed by atoms with E-state index in [9.17, 15) is 5.26 Å². The summed E-state index contributed by atoms with van der Waals surface area (Å²) in [5.41, 5.74) is 3.52. The van der Waals surface area contributed by atoms with E-state index in [0.29, 0.717) is 22.5 Å². The first-order valence-corrected chi connectivity index (χ1v) is 31.1.